The van der Waals surface area contributed by atoms with Crippen molar-refractivity contribution in [2.45, 2.75) is 19.6 Å². The molecule has 2 atom stereocenters. The summed E-state index contributed by atoms with van der Waals surface area (Å²) in [5.41, 5.74) is 1.81. The molecule has 1 aliphatic rings. The van der Waals surface area contributed by atoms with Crippen LogP contribution in [0.3, 0.4) is 0 Å². The number of hydrogen-bond acceptors (Lipinski definition) is 5. The van der Waals surface area contributed by atoms with Gasteiger partial charge in [0.2, 0.25) is 0 Å². The third-order valence-corrected chi connectivity index (χ3v) is 6.05. The Hall–Kier alpha value is -2.29. The molecule has 1 saturated heterocycles. The van der Waals surface area contributed by atoms with Crippen LogP contribution in [0.15, 0.2) is 30.3 Å². The van der Waals surface area contributed by atoms with Gasteiger partial charge in [0.15, 0.2) is 0 Å². The summed E-state index contributed by atoms with van der Waals surface area (Å²) in [6, 6.07) is 8.20. The van der Waals surface area contributed by atoms with Crippen LogP contribution in [0.5, 0.6) is 0 Å². The molecule has 27 heavy (non-hydrogen) atoms. The first kappa shape index (κ1) is 18.1. The Bertz CT molecular complexity index is 966. The van der Waals surface area contributed by atoms with Gasteiger partial charge in [0.25, 0.3) is 5.91 Å². The van der Waals surface area contributed by atoms with Gasteiger partial charge in [-0.1, -0.05) is 12.1 Å². The molecule has 0 bridgehead atoms. The summed E-state index contributed by atoms with van der Waals surface area (Å²) in [6.45, 7) is 4.16. The first-order valence-electron chi connectivity index (χ1n) is 8.89. The summed E-state index contributed by atoms with van der Waals surface area (Å²) in [7, 11) is 0. The highest BCUT2D eigenvalue weighted by atomic mass is 32.1. The van der Waals surface area contributed by atoms with Crippen LogP contribution in [-0.2, 0) is 6.54 Å². The number of aromatic nitrogens is 2. The summed E-state index contributed by atoms with van der Waals surface area (Å²) in [4.78, 5) is 14.1. The van der Waals surface area contributed by atoms with Crippen molar-refractivity contribution < 1.29 is 14.3 Å². The van der Waals surface area contributed by atoms with E-state index in [0.29, 0.717) is 31.1 Å². The third-order valence-electron chi connectivity index (χ3n) is 4.91. The van der Waals surface area contributed by atoms with E-state index in [0.717, 1.165) is 21.5 Å². The summed E-state index contributed by atoms with van der Waals surface area (Å²) in [6.07, 6.45) is -0.417. The van der Waals surface area contributed by atoms with Gasteiger partial charge < -0.3 is 15.7 Å². The molecule has 1 fully saturated rings. The number of nitrogens with one attached hydrogen (secondary N) is 2. The van der Waals surface area contributed by atoms with Crippen LogP contribution in [0.4, 0.5) is 4.39 Å². The van der Waals surface area contributed by atoms with E-state index in [1.54, 1.807) is 12.1 Å². The van der Waals surface area contributed by atoms with Gasteiger partial charge in [-0.15, -0.1) is 11.3 Å². The largest absolute Gasteiger partial charge is 0.391 e. The molecule has 1 aromatic carbocycles. The number of aryl methyl sites for hydroxylation is 1. The van der Waals surface area contributed by atoms with Crippen LogP contribution in [0, 0.1) is 18.7 Å². The number of rotatable bonds is 5. The summed E-state index contributed by atoms with van der Waals surface area (Å²) >= 11 is 1.39. The lowest BCUT2D eigenvalue weighted by atomic mass is 10.1. The lowest BCUT2D eigenvalue weighted by molar-refractivity contribution is 0.0931. The van der Waals surface area contributed by atoms with E-state index in [2.05, 4.69) is 15.7 Å². The predicted octanol–water partition coefficient (Wildman–Crippen LogP) is 1.90. The Morgan fingerprint density at radius 2 is 2.19 bits per heavy atom. The molecular formula is C19H21FN4O2S. The quantitative estimate of drug-likeness (QED) is 0.624. The molecule has 2 aromatic heterocycles. The van der Waals surface area contributed by atoms with Crippen molar-refractivity contribution in [1.82, 2.24) is 20.4 Å². The predicted molar refractivity (Wildman–Crippen MR) is 103 cm³/mol. The highest BCUT2D eigenvalue weighted by molar-refractivity contribution is 7.20. The number of carbonyl (C=O) groups is 1. The topological polar surface area (TPSA) is 79.2 Å². The van der Waals surface area contributed by atoms with Crippen molar-refractivity contribution in [3.8, 4) is 0 Å². The number of thiophene rings is 1. The zero-order valence-corrected chi connectivity index (χ0v) is 15.7. The van der Waals surface area contributed by atoms with Gasteiger partial charge in [-0.3, -0.25) is 9.48 Å². The molecule has 0 saturated carbocycles. The number of aliphatic hydroxyl groups is 1. The fraction of sp³-hybridized carbons (Fsp3) is 0.368. The van der Waals surface area contributed by atoms with Crippen LogP contribution in [0.25, 0.3) is 10.2 Å². The summed E-state index contributed by atoms with van der Waals surface area (Å²) in [5, 5.41) is 21.4. The second-order valence-electron chi connectivity index (χ2n) is 6.89. The van der Waals surface area contributed by atoms with Crippen molar-refractivity contribution in [2.24, 2.45) is 5.92 Å². The van der Waals surface area contributed by atoms with E-state index < -0.39 is 6.10 Å². The lowest BCUT2D eigenvalue weighted by Gasteiger charge is -2.13. The molecule has 3 heterocycles. The maximum absolute atomic E-state index is 13.1. The molecule has 0 aliphatic carbocycles. The van der Waals surface area contributed by atoms with E-state index in [-0.39, 0.29) is 17.6 Å². The molecule has 142 valence electrons. The molecular weight excluding hydrogens is 367 g/mol. The van der Waals surface area contributed by atoms with Crippen molar-refractivity contribution in [2.75, 3.05) is 19.6 Å². The highest BCUT2D eigenvalue weighted by Gasteiger charge is 2.25. The van der Waals surface area contributed by atoms with Gasteiger partial charge in [0.05, 0.1) is 23.2 Å². The minimum atomic E-state index is -0.417. The molecule has 4 rings (SSSR count). The molecule has 8 heteroatoms. The van der Waals surface area contributed by atoms with Crippen LogP contribution >= 0.6 is 11.3 Å². The summed E-state index contributed by atoms with van der Waals surface area (Å²) in [5.74, 6) is -0.361. The van der Waals surface area contributed by atoms with Gasteiger partial charge in [-0.05, 0) is 30.7 Å². The SMILES string of the molecule is Cc1nn(Cc2ccc(F)cc2)c2sc(C(=O)NCC3CNCC3O)cc12. The number of carbonyl (C=O) groups excluding carboxylic acids is 1. The molecule has 3 aromatic rings. The maximum atomic E-state index is 13.1. The molecule has 2 unspecified atom stereocenters. The zero-order valence-electron chi connectivity index (χ0n) is 14.9. The highest BCUT2D eigenvalue weighted by Crippen LogP contribution is 2.29. The number of β-amino-alcohol motifs (C(OH)–C–C–N with tert-alkyl or cyclic N) is 1. The zero-order chi connectivity index (χ0) is 19.0. The Labute approximate surface area is 160 Å². The minimum absolute atomic E-state index is 0.0408. The molecule has 1 amide bonds. The number of halogens is 1. The molecule has 0 spiro atoms. The number of benzene rings is 1. The van der Waals surface area contributed by atoms with Crippen LogP contribution in [0.1, 0.15) is 20.9 Å². The van der Waals surface area contributed by atoms with Crippen molar-refractivity contribution in [3.05, 3.63) is 52.3 Å². The van der Waals surface area contributed by atoms with Crippen LogP contribution < -0.4 is 10.6 Å². The van der Waals surface area contributed by atoms with E-state index in [9.17, 15) is 14.3 Å². The Morgan fingerprint density at radius 3 is 2.89 bits per heavy atom. The number of hydrogen-bond donors (Lipinski definition) is 3. The van der Waals surface area contributed by atoms with Crippen molar-refractivity contribution >= 4 is 27.5 Å². The van der Waals surface area contributed by atoms with Gasteiger partial charge >= 0.3 is 0 Å². The normalized spacial score (nSPS) is 19.7. The Morgan fingerprint density at radius 1 is 1.41 bits per heavy atom. The fourth-order valence-electron chi connectivity index (χ4n) is 3.33. The second kappa shape index (κ2) is 7.38. The second-order valence-corrected chi connectivity index (χ2v) is 7.93. The van der Waals surface area contributed by atoms with Gasteiger partial charge in [0.1, 0.15) is 10.6 Å². The van der Waals surface area contributed by atoms with E-state index in [4.69, 9.17) is 0 Å². The van der Waals surface area contributed by atoms with Gasteiger partial charge in [0, 0.05) is 30.9 Å². The third kappa shape index (κ3) is 3.73. The monoisotopic (exact) mass is 388 g/mol. The van der Waals surface area contributed by atoms with E-state index in [1.165, 1.54) is 23.5 Å². The van der Waals surface area contributed by atoms with Crippen LogP contribution in [-0.4, -0.2) is 46.5 Å². The first-order valence-corrected chi connectivity index (χ1v) is 9.71. The smallest absolute Gasteiger partial charge is 0.261 e. The maximum Gasteiger partial charge on any atom is 0.261 e. The standard InChI is InChI=1S/C19H21FN4O2S/c1-11-15-6-17(18(26)22-8-13-7-21-9-16(13)25)27-19(15)24(23-11)10-12-2-4-14(20)5-3-12/h2-6,13,16,21,25H,7-10H2,1H3,(H,22,26). The lowest BCUT2D eigenvalue weighted by Crippen LogP contribution is -2.34. The Balaban J connectivity index is 1.51. The van der Waals surface area contributed by atoms with Crippen LogP contribution in [0.2, 0.25) is 0 Å². The molecule has 3 N–H and O–H groups in total. The van der Waals surface area contributed by atoms with Crippen molar-refractivity contribution in [1.29, 1.82) is 0 Å². The number of fused-ring (bicyclic) bond motifs is 1. The molecule has 6 nitrogen and oxygen atoms in total. The molecule has 1 aliphatic heterocycles. The Kier molecular flexibility index (Phi) is 4.94. The van der Waals surface area contributed by atoms with Gasteiger partial charge in [-0.2, -0.15) is 5.10 Å². The number of aliphatic hydroxyl groups excluding tert-OH is 1. The summed E-state index contributed by atoms with van der Waals surface area (Å²) < 4.78 is 15.0. The fourth-order valence-corrected chi connectivity index (χ4v) is 4.41. The van der Waals surface area contributed by atoms with Crippen molar-refractivity contribution in [3.63, 3.8) is 0 Å². The number of nitrogens with zero attached hydrogens (tertiary/aromatic N) is 2. The average molecular weight is 388 g/mol. The average Bonchev–Trinajstić information content (AvgIpc) is 3.33. The molecule has 0 radical (unpaired) electrons. The van der Waals surface area contributed by atoms with E-state index >= 15 is 0 Å². The van der Waals surface area contributed by atoms with E-state index in [1.807, 2.05) is 17.7 Å². The minimum Gasteiger partial charge on any atom is -0.391 e. The van der Waals surface area contributed by atoms with Gasteiger partial charge in [-0.25, -0.2) is 4.39 Å². The first-order chi connectivity index (χ1) is 13.0. The number of amides is 1.